The molecule has 0 unspecified atom stereocenters. The third kappa shape index (κ3) is 1.36. The molecular weight excluding hydrogens is 236 g/mol. The first-order valence-corrected chi connectivity index (χ1v) is 5.15. The van der Waals surface area contributed by atoms with Crippen molar-refractivity contribution in [3.8, 4) is 10.7 Å². The van der Waals surface area contributed by atoms with Crippen molar-refractivity contribution in [1.29, 1.82) is 0 Å². The molecule has 0 atom stereocenters. The number of hydrogen-bond acceptors (Lipinski definition) is 6. The van der Waals surface area contributed by atoms with Gasteiger partial charge in [0.2, 0.25) is 0 Å². The van der Waals surface area contributed by atoms with Gasteiger partial charge in [0.25, 0.3) is 0 Å². The molecule has 6 nitrogen and oxygen atoms in total. The average Bonchev–Trinajstić information content (AvgIpc) is 2.83. The number of fused-ring (bicyclic) bond motifs is 1. The van der Waals surface area contributed by atoms with Crippen LogP contribution in [0.1, 0.15) is 0 Å². The molecule has 74 valence electrons. The van der Waals surface area contributed by atoms with E-state index in [2.05, 4.69) is 24.9 Å². The van der Waals surface area contributed by atoms with Crippen LogP contribution in [0.5, 0.6) is 0 Å². The van der Waals surface area contributed by atoms with Crippen molar-refractivity contribution in [1.82, 2.24) is 29.4 Å². The number of halogens is 1. The first-order chi connectivity index (χ1) is 7.34. The van der Waals surface area contributed by atoms with Gasteiger partial charge in [-0.2, -0.15) is 9.61 Å². The smallest absolute Gasteiger partial charge is 0.190 e. The predicted octanol–water partition coefficient (Wildman–Crippen LogP) is 1.30. The molecule has 0 aliphatic heterocycles. The Bertz CT molecular complexity index is 603. The predicted molar refractivity (Wildman–Crippen MR) is 54.7 cm³/mol. The van der Waals surface area contributed by atoms with E-state index in [9.17, 15) is 0 Å². The van der Waals surface area contributed by atoms with E-state index in [1.54, 1.807) is 22.8 Å². The van der Waals surface area contributed by atoms with E-state index in [1.165, 1.54) is 11.5 Å². The summed E-state index contributed by atoms with van der Waals surface area (Å²) < 4.78 is 5.32. The highest BCUT2D eigenvalue weighted by Crippen LogP contribution is 2.19. The summed E-state index contributed by atoms with van der Waals surface area (Å²) in [6.07, 6.45) is 1.61. The minimum Gasteiger partial charge on any atom is -0.190 e. The van der Waals surface area contributed by atoms with Crippen LogP contribution in [0.25, 0.3) is 16.3 Å². The van der Waals surface area contributed by atoms with Crippen molar-refractivity contribution < 1.29 is 0 Å². The van der Waals surface area contributed by atoms with Gasteiger partial charge in [0.1, 0.15) is 10.0 Å². The van der Waals surface area contributed by atoms with Crippen LogP contribution in [0.3, 0.4) is 0 Å². The van der Waals surface area contributed by atoms with Gasteiger partial charge in [-0.15, -0.1) is 15.3 Å². The topological polar surface area (TPSA) is 68.9 Å². The lowest BCUT2D eigenvalue weighted by Gasteiger charge is -1.94. The highest BCUT2D eigenvalue weighted by molar-refractivity contribution is 7.09. The maximum Gasteiger partial charge on any atom is 0.198 e. The van der Waals surface area contributed by atoms with E-state index < -0.39 is 0 Å². The number of nitrogens with zero attached hydrogens (tertiary/aromatic N) is 6. The average molecular weight is 239 g/mol. The van der Waals surface area contributed by atoms with Crippen LogP contribution in [0.4, 0.5) is 0 Å². The summed E-state index contributed by atoms with van der Waals surface area (Å²) in [6, 6.07) is 3.42. The molecule has 3 aromatic heterocycles. The standard InChI is InChI=1S/C7H3ClN6S/c8-5-1-2-6-10-11-7(14(6)12-5)4-3-9-13-15-4/h1-3H. The van der Waals surface area contributed by atoms with E-state index in [1.807, 2.05) is 0 Å². The van der Waals surface area contributed by atoms with Crippen molar-refractivity contribution in [2.75, 3.05) is 0 Å². The molecule has 0 saturated carbocycles. The quantitative estimate of drug-likeness (QED) is 0.639. The van der Waals surface area contributed by atoms with E-state index in [0.717, 1.165) is 4.88 Å². The second-order valence-electron chi connectivity index (χ2n) is 2.73. The molecule has 0 fully saturated rings. The molecule has 3 heterocycles. The van der Waals surface area contributed by atoms with Gasteiger partial charge in [-0.3, -0.25) is 0 Å². The Labute approximate surface area is 92.7 Å². The third-order valence-electron chi connectivity index (χ3n) is 1.81. The van der Waals surface area contributed by atoms with E-state index >= 15 is 0 Å². The summed E-state index contributed by atoms with van der Waals surface area (Å²) in [6.45, 7) is 0. The number of aromatic nitrogens is 6. The first-order valence-electron chi connectivity index (χ1n) is 4.00. The van der Waals surface area contributed by atoms with Crippen LogP contribution >= 0.6 is 23.1 Å². The van der Waals surface area contributed by atoms with Crippen LogP contribution in [0.15, 0.2) is 18.3 Å². The maximum atomic E-state index is 5.79. The highest BCUT2D eigenvalue weighted by atomic mass is 35.5. The summed E-state index contributed by atoms with van der Waals surface area (Å²) >= 11 is 7.03. The van der Waals surface area contributed by atoms with E-state index in [-0.39, 0.29) is 0 Å². The zero-order valence-electron chi connectivity index (χ0n) is 7.20. The Balaban J connectivity index is 2.32. The van der Waals surface area contributed by atoms with Crippen molar-refractivity contribution in [2.24, 2.45) is 0 Å². The summed E-state index contributed by atoms with van der Waals surface area (Å²) in [5.41, 5.74) is 0.641. The SMILES string of the molecule is Clc1ccc2nnc(-c3cnns3)n2n1. The van der Waals surface area contributed by atoms with Crippen LogP contribution in [0, 0.1) is 0 Å². The highest BCUT2D eigenvalue weighted by Gasteiger charge is 2.11. The lowest BCUT2D eigenvalue weighted by molar-refractivity contribution is 0.938. The first kappa shape index (κ1) is 8.69. The van der Waals surface area contributed by atoms with E-state index in [0.29, 0.717) is 16.6 Å². The Morgan fingerprint density at radius 3 is 3.00 bits per heavy atom. The minimum absolute atomic E-state index is 0.390. The summed E-state index contributed by atoms with van der Waals surface area (Å²) in [7, 11) is 0. The fourth-order valence-electron chi connectivity index (χ4n) is 1.19. The molecule has 0 N–H and O–H groups in total. The molecular formula is C7H3ClN6S. The third-order valence-corrected chi connectivity index (χ3v) is 2.67. The fraction of sp³-hybridized carbons (Fsp3) is 0. The molecule has 0 aromatic carbocycles. The van der Waals surface area contributed by atoms with Gasteiger partial charge in [0.15, 0.2) is 11.5 Å². The Kier molecular flexibility index (Phi) is 1.86. The molecule has 0 radical (unpaired) electrons. The van der Waals surface area contributed by atoms with E-state index in [4.69, 9.17) is 11.6 Å². The van der Waals surface area contributed by atoms with Crippen LogP contribution in [-0.4, -0.2) is 29.4 Å². The second kappa shape index (κ2) is 3.21. The monoisotopic (exact) mass is 238 g/mol. The molecule has 15 heavy (non-hydrogen) atoms. The molecule has 0 bridgehead atoms. The fourth-order valence-corrected chi connectivity index (χ4v) is 1.81. The van der Waals surface area contributed by atoms with Crippen molar-refractivity contribution in [2.45, 2.75) is 0 Å². The molecule has 0 amide bonds. The second-order valence-corrected chi connectivity index (χ2v) is 3.90. The largest absolute Gasteiger partial charge is 0.198 e. The summed E-state index contributed by atoms with van der Waals surface area (Å²) in [4.78, 5) is 0.803. The Hall–Kier alpha value is -1.60. The normalized spacial score (nSPS) is 11.0. The van der Waals surface area contributed by atoms with Crippen LogP contribution in [-0.2, 0) is 0 Å². The summed E-state index contributed by atoms with van der Waals surface area (Å²) in [5, 5.41) is 16.2. The zero-order chi connectivity index (χ0) is 10.3. The lowest BCUT2D eigenvalue weighted by atomic mass is 10.5. The maximum absolute atomic E-state index is 5.79. The van der Waals surface area contributed by atoms with Gasteiger partial charge in [-0.1, -0.05) is 16.1 Å². The Morgan fingerprint density at radius 2 is 2.20 bits per heavy atom. The van der Waals surface area contributed by atoms with Crippen molar-refractivity contribution >= 4 is 28.8 Å². The molecule has 0 saturated heterocycles. The molecule has 3 aromatic rings. The van der Waals surface area contributed by atoms with Crippen LogP contribution in [0.2, 0.25) is 5.15 Å². The number of hydrogen-bond donors (Lipinski definition) is 0. The molecule has 8 heteroatoms. The van der Waals surface area contributed by atoms with Crippen LogP contribution < -0.4 is 0 Å². The van der Waals surface area contributed by atoms with Gasteiger partial charge in [-0.05, 0) is 23.7 Å². The van der Waals surface area contributed by atoms with Gasteiger partial charge in [-0.25, -0.2) is 0 Å². The Morgan fingerprint density at radius 1 is 1.27 bits per heavy atom. The molecule has 3 rings (SSSR count). The minimum atomic E-state index is 0.390. The lowest BCUT2D eigenvalue weighted by Crippen LogP contribution is -1.93. The van der Waals surface area contributed by atoms with Crippen molar-refractivity contribution in [3.05, 3.63) is 23.5 Å². The van der Waals surface area contributed by atoms with Gasteiger partial charge >= 0.3 is 0 Å². The van der Waals surface area contributed by atoms with Gasteiger partial charge in [0, 0.05) is 0 Å². The van der Waals surface area contributed by atoms with Crippen molar-refractivity contribution in [3.63, 3.8) is 0 Å². The molecule has 0 aliphatic carbocycles. The molecule has 0 spiro atoms. The summed E-state index contributed by atoms with van der Waals surface area (Å²) in [5.74, 6) is 0.600. The molecule has 0 aliphatic rings. The zero-order valence-corrected chi connectivity index (χ0v) is 8.77. The number of rotatable bonds is 1. The van der Waals surface area contributed by atoms with Gasteiger partial charge < -0.3 is 0 Å². The van der Waals surface area contributed by atoms with Gasteiger partial charge in [0.05, 0.1) is 6.20 Å².